The Kier molecular flexibility index (Phi) is 6.63. The maximum Gasteiger partial charge on any atom is 0.255 e. The molecule has 6 N–H and O–H groups in total. The number of carbonyl (C=O) groups excluding carboxylic acids is 3. The van der Waals surface area contributed by atoms with Crippen molar-refractivity contribution in [2.24, 2.45) is 5.73 Å². The van der Waals surface area contributed by atoms with E-state index in [1.165, 1.54) is 24.3 Å². The van der Waals surface area contributed by atoms with Crippen LogP contribution in [0, 0.1) is 12.7 Å². The number of nitrogens with two attached hydrogens (primary N) is 1. The normalized spacial score (nSPS) is 11.1. The number of primary amides is 1. The summed E-state index contributed by atoms with van der Waals surface area (Å²) in [5, 5.41) is 20.6. The summed E-state index contributed by atoms with van der Waals surface area (Å²) in [5.74, 6) is -1.44. The lowest BCUT2D eigenvalue weighted by molar-refractivity contribution is -0.115. The Morgan fingerprint density at radius 3 is 2.50 bits per heavy atom. The van der Waals surface area contributed by atoms with Crippen molar-refractivity contribution in [3.63, 3.8) is 0 Å². The second kappa shape index (κ2) is 10.6. The van der Waals surface area contributed by atoms with E-state index in [1.54, 1.807) is 24.3 Å². The first kappa shape index (κ1) is 26.3. The highest BCUT2D eigenvalue weighted by Crippen LogP contribution is 2.39. The Hall–Kier alpha value is -5.91. The van der Waals surface area contributed by atoms with Crippen molar-refractivity contribution < 1.29 is 18.8 Å². The number of carbonyl (C=O) groups is 3. The van der Waals surface area contributed by atoms with Gasteiger partial charge in [0.05, 0.1) is 17.5 Å². The van der Waals surface area contributed by atoms with Gasteiger partial charge in [0, 0.05) is 33.2 Å². The molecule has 0 aliphatic heterocycles. The molecular weight excluding hydrogens is 539 g/mol. The highest BCUT2D eigenvalue weighted by molar-refractivity contribution is 6.20. The number of benzene rings is 4. The molecule has 3 amide bonds. The third kappa shape index (κ3) is 4.92. The number of H-pyrrole nitrogens is 2. The summed E-state index contributed by atoms with van der Waals surface area (Å²) in [6.07, 6.45) is -0.0511. The first-order chi connectivity index (χ1) is 20.3. The molecule has 11 nitrogen and oxygen atoms in total. The largest absolute Gasteiger partial charge is 0.366 e. The third-order valence-corrected chi connectivity index (χ3v) is 6.99. The number of anilines is 2. The molecule has 4 aromatic carbocycles. The summed E-state index contributed by atoms with van der Waals surface area (Å²) in [6.45, 7) is 1.88. The van der Waals surface area contributed by atoms with Crippen molar-refractivity contribution in [2.75, 3.05) is 10.6 Å². The summed E-state index contributed by atoms with van der Waals surface area (Å²) >= 11 is 0. The predicted molar refractivity (Wildman–Crippen MR) is 155 cm³/mol. The van der Waals surface area contributed by atoms with Crippen LogP contribution in [0.25, 0.3) is 32.9 Å². The molecule has 0 aliphatic rings. The van der Waals surface area contributed by atoms with Crippen LogP contribution in [0.15, 0.2) is 72.8 Å². The highest BCUT2D eigenvalue weighted by Gasteiger charge is 2.19. The standard InChI is InChI=1S/C30H23FN8O3/c1-15-19(3-2-4-23(15)35-30(42)16-5-7-17(31)8-6-16)20-11-12-22(29(32)41)28-27(20)21-10-9-18(13-24(21)34-28)33-26(40)14-25-36-38-39-37-25/h2-13,34H,14H2,1H3,(H2,32,41)(H,33,40)(H,35,42)(H,36,37,38,39). The Labute approximate surface area is 237 Å². The van der Waals surface area contributed by atoms with Crippen molar-refractivity contribution >= 4 is 50.9 Å². The van der Waals surface area contributed by atoms with E-state index in [4.69, 9.17) is 5.73 Å². The Morgan fingerprint density at radius 2 is 1.76 bits per heavy atom. The fourth-order valence-corrected chi connectivity index (χ4v) is 4.98. The smallest absolute Gasteiger partial charge is 0.255 e. The van der Waals surface area contributed by atoms with Gasteiger partial charge in [-0.1, -0.05) is 29.5 Å². The molecule has 0 aliphatic carbocycles. The van der Waals surface area contributed by atoms with E-state index in [2.05, 4.69) is 36.2 Å². The monoisotopic (exact) mass is 562 g/mol. The molecule has 2 aromatic heterocycles. The molecule has 0 radical (unpaired) electrons. The molecule has 0 spiro atoms. The fourth-order valence-electron chi connectivity index (χ4n) is 4.98. The van der Waals surface area contributed by atoms with Gasteiger partial charge in [-0.25, -0.2) is 4.39 Å². The highest BCUT2D eigenvalue weighted by atomic mass is 19.1. The van der Waals surface area contributed by atoms with Gasteiger partial charge in [0.2, 0.25) is 5.91 Å². The van der Waals surface area contributed by atoms with Crippen molar-refractivity contribution in [3.8, 4) is 11.1 Å². The molecule has 2 heterocycles. The van der Waals surface area contributed by atoms with Crippen LogP contribution >= 0.6 is 0 Å². The molecule has 0 bridgehead atoms. The van der Waals surface area contributed by atoms with Crippen LogP contribution < -0.4 is 16.4 Å². The van der Waals surface area contributed by atoms with Gasteiger partial charge in [0.25, 0.3) is 11.8 Å². The molecule has 6 rings (SSSR count). The Bertz CT molecular complexity index is 2000. The second-order valence-electron chi connectivity index (χ2n) is 9.65. The minimum absolute atomic E-state index is 0.0511. The summed E-state index contributed by atoms with van der Waals surface area (Å²) < 4.78 is 13.3. The molecule has 12 heteroatoms. The van der Waals surface area contributed by atoms with Gasteiger partial charge in [0.15, 0.2) is 5.82 Å². The maximum absolute atomic E-state index is 13.3. The number of rotatable bonds is 7. The minimum Gasteiger partial charge on any atom is -0.366 e. The Balaban J connectivity index is 1.40. The average molecular weight is 563 g/mol. The number of aromatic amines is 2. The van der Waals surface area contributed by atoms with Crippen molar-refractivity contribution in [1.82, 2.24) is 25.6 Å². The molecule has 0 unspecified atom stereocenters. The van der Waals surface area contributed by atoms with Gasteiger partial charge in [-0.2, -0.15) is 5.21 Å². The second-order valence-corrected chi connectivity index (χ2v) is 9.65. The molecule has 0 saturated carbocycles. The van der Waals surface area contributed by atoms with Crippen LogP contribution in [0.5, 0.6) is 0 Å². The molecule has 208 valence electrons. The number of halogens is 1. The van der Waals surface area contributed by atoms with E-state index in [0.29, 0.717) is 33.5 Å². The molecule has 42 heavy (non-hydrogen) atoms. The third-order valence-electron chi connectivity index (χ3n) is 6.99. The van der Waals surface area contributed by atoms with Crippen LogP contribution in [-0.4, -0.2) is 43.3 Å². The lowest BCUT2D eigenvalue weighted by Gasteiger charge is -2.15. The van der Waals surface area contributed by atoms with E-state index in [0.717, 1.165) is 27.5 Å². The van der Waals surface area contributed by atoms with Crippen molar-refractivity contribution in [3.05, 3.63) is 101 Å². The minimum atomic E-state index is -0.594. The lowest BCUT2D eigenvalue weighted by atomic mass is 9.93. The number of aromatic nitrogens is 5. The zero-order chi connectivity index (χ0) is 29.4. The van der Waals surface area contributed by atoms with Crippen LogP contribution in [0.4, 0.5) is 15.8 Å². The van der Waals surface area contributed by atoms with Crippen molar-refractivity contribution in [2.45, 2.75) is 13.3 Å². The van der Waals surface area contributed by atoms with E-state index in [1.807, 2.05) is 31.2 Å². The summed E-state index contributed by atoms with van der Waals surface area (Å²) in [5.41, 5.74) is 11.1. The average Bonchev–Trinajstić information content (AvgIpc) is 3.61. The van der Waals surface area contributed by atoms with Gasteiger partial charge in [-0.3, -0.25) is 14.4 Å². The number of amides is 3. The van der Waals surface area contributed by atoms with E-state index < -0.39 is 11.7 Å². The predicted octanol–water partition coefficient (Wildman–Crippen LogP) is 4.48. The first-order valence-electron chi connectivity index (χ1n) is 12.9. The SMILES string of the molecule is Cc1c(NC(=O)c2ccc(F)cc2)cccc1-c1ccc(C(N)=O)c2[nH]c3cc(NC(=O)Cc4nn[nH]n4)ccc3c12. The summed E-state index contributed by atoms with van der Waals surface area (Å²) in [6, 6.07) is 19.7. The van der Waals surface area contributed by atoms with Crippen LogP contribution in [0.2, 0.25) is 0 Å². The molecule has 0 saturated heterocycles. The first-order valence-corrected chi connectivity index (χ1v) is 12.9. The van der Waals surface area contributed by atoms with Crippen molar-refractivity contribution in [1.29, 1.82) is 0 Å². The maximum atomic E-state index is 13.3. The van der Waals surface area contributed by atoms with Gasteiger partial charge in [0.1, 0.15) is 5.82 Å². The molecular formula is C30H23FN8O3. The number of nitrogens with one attached hydrogen (secondary N) is 4. The number of nitrogens with zero attached hydrogens (tertiary/aromatic N) is 3. The molecule has 6 aromatic rings. The summed E-state index contributed by atoms with van der Waals surface area (Å²) in [4.78, 5) is 41.0. The van der Waals surface area contributed by atoms with E-state index in [9.17, 15) is 18.8 Å². The van der Waals surface area contributed by atoms with Gasteiger partial charge < -0.3 is 21.4 Å². The number of hydrogen-bond acceptors (Lipinski definition) is 6. The molecule has 0 atom stereocenters. The summed E-state index contributed by atoms with van der Waals surface area (Å²) in [7, 11) is 0. The number of fused-ring (bicyclic) bond motifs is 3. The van der Waals surface area contributed by atoms with Gasteiger partial charge in [-0.05, 0) is 72.1 Å². The number of hydrogen-bond donors (Lipinski definition) is 5. The zero-order valence-corrected chi connectivity index (χ0v) is 22.2. The van der Waals surface area contributed by atoms with Crippen LogP contribution in [0.3, 0.4) is 0 Å². The fraction of sp³-hybridized carbons (Fsp3) is 0.0667. The quantitative estimate of drug-likeness (QED) is 0.192. The number of tetrazole rings is 1. The topological polar surface area (TPSA) is 172 Å². The van der Waals surface area contributed by atoms with E-state index in [-0.39, 0.29) is 24.1 Å². The van der Waals surface area contributed by atoms with Crippen LogP contribution in [0.1, 0.15) is 32.1 Å². The van der Waals surface area contributed by atoms with E-state index >= 15 is 0 Å². The van der Waals surface area contributed by atoms with Gasteiger partial charge >= 0.3 is 0 Å². The Morgan fingerprint density at radius 1 is 0.952 bits per heavy atom. The van der Waals surface area contributed by atoms with Crippen LogP contribution in [-0.2, 0) is 11.2 Å². The van der Waals surface area contributed by atoms with Gasteiger partial charge in [-0.15, -0.1) is 10.2 Å². The molecule has 0 fully saturated rings. The lowest BCUT2D eigenvalue weighted by Crippen LogP contribution is -2.15. The zero-order valence-electron chi connectivity index (χ0n) is 22.2.